The van der Waals surface area contributed by atoms with Gasteiger partial charge >= 0.3 is 12.1 Å². The third-order valence-corrected chi connectivity index (χ3v) is 3.32. The Labute approximate surface area is 161 Å². The van der Waals surface area contributed by atoms with E-state index in [1.165, 1.54) is 18.2 Å². The second-order valence-corrected chi connectivity index (χ2v) is 6.71. The highest BCUT2D eigenvalue weighted by Gasteiger charge is 2.27. The summed E-state index contributed by atoms with van der Waals surface area (Å²) in [6, 6.07) is 2.60. The molecule has 11 heteroatoms. The highest BCUT2D eigenvalue weighted by atomic mass is 16.6. The van der Waals surface area contributed by atoms with Crippen LogP contribution in [0.2, 0.25) is 0 Å². The van der Waals surface area contributed by atoms with Gasteiger partial charge in [0.05, 0.1) is 29.8 Å². The molecule has 0 aromatic heterocycles. The third-order valence-electron chi connectivity index (χ3n) is 3.32. The fraction of sp³-hybridized carbons (Fsp3) is 0.471. The highest BCUT2D eigenvalue weighted by molar-refractivity contribution is 5.98. The van der Waals surface area contributed by atoms with Crippen LogP contribution in [0.15, 0.2) is 18.2 Å². The average Bonchev–Trinajstić information content (AvgIpc) is 2.58. The Hall–Kier alpha value is -3.37. The smallest absolute Gasteiger partial charge is 0.408 e. The predicted octanol–water partition coefficient (Wildman–Crippen LogP) is 2.03. The molecule has 154 valence electrons. The van der Waals surface area contributed by atoms with Crippen molar-refractivity contribution in [2.75, 3.05) is 24.8 Å². The Kier molecular flexibility index (Phi) is 7.72. The molecule has 0 aliphatic rings. The van der Waals surface area contributed by atoms with Crippen LogP contribution in [0.25, 0.3) is 0 Å². The maximum absolute atomic E-state index is 12.4. The van der Waals surface area contributed by atoms with Gasteiger partial charge in [0.25, 0.3) is 5.69 Å². The van der Waals surface area contributed by atoms with Crippen molar-refractivity contribution in [2.24, 2.45) is 0 Å². The molecular formula is C17H24N4O7. The van der Waals surface area contributed by atoms with Gasteiger partial charge in [0.15, 0.2) is 0 Å². The van der Waals surface area contributed by atoms with E-state index in [2.05, 4.69) is 20.7 Å². The molecule has 1 atom stereocenters. The van der Waals surface area contributed by atoms with Crippen LogP contribution in [0.4, 0.5) is 21.9 Å². The summed E-state index contributed by atoms with van der Waals surface area (Å²) < 4.78 is 9.67. The van der Waals surface area contributed by atoms with Gasteiger partial charge in [0.2, 0.25) is 5.91 Å². The van der Waals surface area contributed by atoms with Crippen molar-refractivity contribution in [3.63, 3.8) is 0 Å². The molecule has 0 unspecified atom stereocenters. The van der Waals surface area contributed by atoms with Gasteiger partial charge in [-0.05, 0) is 26.8 Å². The molecule has 1 aromatic rings. The number of carbonyl (C=O) groups excluding carboxylic acids is 3. The Bertz CT molecular complexity index is 758. The number of nitrogens with zero attached hydrogens (tertiary/aromatic N) is 1. The summed E-state index contributed by atoms with van der Waals surface area (Å²) in [5.41, 5.74) is -0.417. The van der Waals surface area contributed by atoms with Crippen molar-refractivity contribution >= 4 is 35.0 Å². The monoisotopic (exact) mass is 396 g/mol. The molecule has 0 spiro atoms. The van der Waals surface area contributed by atoms with Crippen LogP contribution in [0.3, 0.4) is 0 Å². The number of non-ortho nitro benzene ring substituents is 1. The van der Waals surface area contributed by atoms with E-state index in [4.69, 9.17) is 4.74 Å². The predicted molar refractivity (Wildman–Crippen MR) is 101 cm³/mol. The molecule has 0 heterocycles. The van der Waals surface area contributed by atoms with Gasteiger partial charge in [-0.25, -0.2) is 9.59 Å². The summed E-state index contributed by atoms with van der Waals surface area (Å²) >= 11 is 0. The maximum Gasteiger partial charge on any atom is 0.408 e. The van der Waals surface area contributed by atoms with E-state index in [9.17, 15) is 24.5 Å². The van der Waals surface area contributed by atoms with E-state index in [0.29, 0.717) is 5.69 Å². The number of methoxy groups -OCH3 is 1. The van der Waals surface area contributed by atoms with E-state index < -0.39 is 41.0 Å². The quantitative estimate of drug-likeness (QED) is 0.360. The van der Waals surface area contributed by atoms with Crippen LogP contribution >= 0.6 is 0 Å². The fourth-order valence-electron chi connectivity index (χ4n) is 2.14. The van der Waals surface area contributed by atoms with E-state index in [1.807, 2.05) is 0 Å². The SMILES string of the molecule is CNc1ccc([N+](=O)[O-])cc1NC(=O)C[C@H](NC(=O)OC(C)(C)C)C(=O)OC. The molecule has 0 radical (unpaired) electrons. The summed E-state index contributed by atoms with van der Waals surface area (Å²) in [7, 11) is 2.70. The van der Waals surface area contributed by atoms with Crippen LogP contribution in [-0.2, 0) is 19.1 Å². The molecule has 11 nitrogen and oxygen atoms in total. The number of anilines is 2. The summed E-state index contributed by atoms with van der Waals surface area (Å²) in [6.07, 6.45) is -1.35. The summed E-state index contributed by atoms with van der Waals surface area (Å²) in [4.78, 5) is 46.5. The van der Waals surface area contributed by atoms with Gasteiger partial charge in [-0.2, -0.15) is 0 Å². The standard InChI is InChI=1S/C17H24N4O7/c1-17(2,3)28-16(24)20-13(15(23)27-5)9-14(22)19-12-8-10(21(25)26)6-7-11(12)18-4/h6-8,13,18H,9H2,1-5H3,(H,19,22)(H,20,24)/t13-/m0/s1. The molecule has 0 saturated carbocycles. The summed E-state index contributed by atoms with van der Waals surface area (Å²) in [6.45, 7) is 4.94. The van der Waals surface area contributed by atoms with Crippen molar-refractivity contribution in [2.45, 2.75) is 38.8 Å². The van der Waals surface area contributed by atoms with Crippen molar-refractivity contribution in [3.8, 4) is 0 Å². The lowest BCUT2D eigenvalue weighted by molar-refractivity contribution is -0.384. The number of benzene rings is 1. The van der Waals surface area contributed by atoms with Gasteiger partial charge in [-0.1, -0.05) is 0 Å². The number of amides is 2. The summed E-state index contributed by atoms with van der Waals surface area (Å²) in [5, 5.41) is 18.5. The Balaban J connectivity index is 2.91. The van der Waals surface area contributed by atoms with Gasteiger partial charge in [0, 0.05) is 19.2 Å². The van der Waals surface area contributed by atoms with Crippen LogP contribution in [-0.4, -0.2) is 48.7 Å². The molecule has 28 heavy (non-hydrogen) atoms. The van der Waals surface area contributed by atoms with E-state index in [-0.39, 0.29) is 11.4 Å². The van der Waals surface area contributed by atoms with Crippen LogP contribution in [0, 0.1) is 10.1 Å². The van der Waals surface area contributed by atoms with E-state index >= 15 is 0 Å². The lowest BCUT2D eigenvalue weighted by atomic mass is 10.1. The minimum absolute atomic E-state index is 0.155. The third kappa shape index (κ3) is 7.09. The number of ether oxygens (including phenoxy) is 2. The van der Waals surface area contributed by atoms with E-state index in [0.717, 1.165) is 7.11 Å². The normalized spacial score (nSPS) is 11.8. The number of rotatable bonds is 7. The highest BCUT2D eigenvalue weighted by Crippen LogP contribution is 2.26. The van der Waals surface area contributed by atoms with Gasteiger partial charge in [-0.15, -0.1) is 0 Å². The first-order valence-corrected chi connectivity index (χ1v) is 8.30. The van der Waals surface area contributed by atoms with Gasteiger partial charge in [-0.3, -0.25) is 14.9 Å². The molecule has 0 fully saturated rings. The first kappa shape index (κ1) is 22.7. The van der Waals surface area contributed by atoms with Crippen LogP contribution < -0.4 is 16.0 Å². The number of esters is 1. The second kappa shape index (κ2) is 9.53. The molecule has 0 aliphatic carbocycles. The van der Waals surface area contributed by atoms with E-state index in [1.54, 1.807) is 27.8 Å². The molecule has 2 amide bonds. The van der Waals surface area contributed by atoms with Crippen molar-refractivity contribution in [3.05, 3.63) is 28.3 Å². The number of carbonyl (C=O) groups is 3. The Morgan fingerprint density at radius 1 is 1.21 bits per heavy atom. The number of alkyl carbamates (subject to hydrolysis) is 1. The minimum atomic E-state index is -1.29. The number of hydrogen-bond acceptors (Lipinski definition) is 8. The summed E-state index contributed by atoms with van der Waals surface area (Å²) in [5.74, 6) is -1.50. The van der Waals surface area contributed by atoms with Crippen LogP contribution in [0.5, 0.6) is 0 Å². The minimum Gasteiger partial charge on any atom is -0.467 e. The van der Waals surface area contributed by atoms with Gasteiger partial charge < -0.3 is 25.4 Å². The maximum atomic E-state index is 12.4. The van der Waals surface area contributed by atoms with Crippen molar-refractivity contribution in [1.82, 2.24) is 5.32 Å². The lowest BCUT2D eigenvalue weighted by Crippen LogP contribution is -2.45. The molecule has 3 N–H and O–H groups in total. The van der Waals surface area contributed by atoms with Crippen LogP contribution in [0.1, 0.15) is 27.2 Å². The number of nitro benzene ring substituents is 1. The zero-order valence-corrected chi connectivity index (χ0v) is 16.3. The van der Waals surface area contributed by atoms with Crippen molar-refractivity contribution in [1.29, 1.82) is 0 Å². The molecular weight excluding hydrogens is 372 g/mol. The molecule has 0 bridgehead atoms. The average molecular weight is 396 g/mol. The first-order valence-electron chi connectivity index (χ1n) is 8.30. The molecule has 1 aromatic carbocycles. The van der Waals surface area contributed by atoms with Gasteiger partial charge in [0.1, 0.15) is 11.6 Å². The second-order valence-electron chi connectivity index (χ2n) is 6.71. The Morgan fingerprint density at radius 2 is 1.86 bits per heavy atom. The molecule has 0 saturated heterocycles. The zero-order chi connectivity index (χ0) is 21.5. The number of nitro groups is 1. The first-order chi connectivity index (χ1) is 13.0. The largest absolute Gasteiger partial charge is 0.467 e. The fourth-order valence-corrected chi connectivity index (χ4v) is 2.14. The van der Waals surface area contributed by atoms with Crippen molar-refractivity contribution < 1.29 is 28.8 Å². The zero-order valence-electron chi connectivity index (χ0n) is 16.3. The molecule has 0 aliphatic heterocycles. The topological polar surface area (TPSA) is 149 Å². The molecule has 1 rings (SSSR count). The Morgan fingerprint density at radius 3 is 2.36 bits per heavy atom. The number of hydrogen-bond donors (Lipinski definition) is 3. The lowest BCUT2D eigenvalue weighted by Gasteiger charge is -2.22. The number of nitrogens with one attached hydrogen (secondary N) is 3.